The Morgan fingerprint density at radius 3 is 2.60 bits per heavy atom. The summed E-state index contributed by atoms with van der Waals surface area (Å²) in [6, 6.07) is 0. The minimum Gasteiger partial charge on any atom is -0.480 e. The molecule has 0 aromatic rings. The summed E-state index contributed by atoms with van der Waals surface area (Å²) in [5.74, 6) is -0.483. The maximum absolute atomic E-state index is 12.5. The van der Waals surface area contributed by atoms with E-state index in [0.29, 0.717) is 25.6 Å². The number of ether oxygens (including phenoxy) is 1. The van der Waals surface area contributed by atoms with Crippen molar-refractivity contribution in [1.29, 1.82) is 0 Å². The summed E-state index contributed by atoms with van der Waals surface area (Å²) in [7, 11) is 0. The highest BCUT2D eigenvalue weighted by atomic mass is 16.5. The fraction of sp³-hybridized carbons (Fsp3) is 0.857. The molecule has 6 nitrogen and oxygen atoms in total. The number of carboxylic acids is 1. The zero-order chi connectivity index (χ0) is 14.8. The van der Waals surface area contributed by atoms with E-state index in [9.17, 15) is 9.59 Å². The average Bonchev–Trinajstić information content (AvgIpc) is 2.41. The summed E-state index contributed by atoms with van der Waals surface area (Å²) in [6.45, 7) is 3.06. The third-order valence-electron chi connectivity index (χ3n) is 4.44. The van der Waals surface area contributed by atoms with Crippen LogP contribution < -0.4 is 5.73 Å². The van der Waals surface area contributed by atoms with Crippen LogP contribution in [0.3, 0.4) is 0 Å². The van der Waals surface area contributed by atoms with Crippen LogP contribution >= 0.6 is 0 Å². The van der Waals surface area contributed by atoms with Crippen molar-refractivity contribution in [2.24, 2.45) is 17.6 Å². The van der Waals surface area contributed by atoms with Gasteiger partial charge in [0.25, 0.3) is 0 Å². The van der Waals surface area contributed by atoms with Crippen molar-refractivity contribution < 1.29 is 19.4 Å². The lowest BCUT2D eigenvalue weighted by atomic mass is 9.77. The molecule has 0 radical (unpaired) electrons. The number of carboxylic acid groups (broad SMARTS) is 1. The molecule has 2 rings (SSSR count). The predicted octanol–water partition coefficient (Wildman–Crippen LogP) is 0.454. The van der Waals surface area contributed by atoms with Gasteiger partial charge in [-0.1, -0.05) is 12.8 Å². The standard InChI is InChI=1S/C14H24N2O4/c1-14(20-7-12(17)18)8-16(9-14)13(19)11-5-3-2-4-10(11)6-15/h10-11H,2-9,15H2,1H3,(H,17,18). The molecular weight excluding hydrogens is 260 g/mol. The first-order valence-electron chi connectivity index (χ1n) is 7.30. The van der Waals surface area contributed by atoms with E-state index in [1.54, 1.807) is 4.90 Å². The maximum Gasteiger partial charge on any atom is 0.329 e. The normalized spacial score (nSPS) is 28.8. The molecule has 2 aliphatic rings. The van der Waals surface area contributed by atoms with Crippen LogP contribution in [0.25, 0.3) is 0 Å². The van der Waals surface area contributed by atoms with Gasteiger partial charge in [0.2, 0.25) is 5.91 Å². The lowest BCUT2D eigenvalue weighted by Gasteiger charge is -2.49. The van der Waals surface area contributed by atoms with Crippen molar-refractivity contribution in [3.8, 4) is 0 Å². The summed E-state index contributed by atoms with van der Waals surface area (Å²) in [6.07, 6.45) is 4.20. The Hall–Kier alpha value is -1.14. The number of hydrogen-bond donors (Lipinski definition) is 2. The molecule has 0 spiro atoms. The summed E-state index contributed by atoms with van der Waals surface area (Å²) >= 11 is 0. The highest BCUT2D eigenvalue weighted by Crippen LogP contribution is 2.34. The van der Waals surface area contributed by atoms with Gasteiger partial charge in [-0.05, 0) is 32.2 Å². The zero-order valence-electron chi connectivity index (χ0n) is 12.0. The summed E-state index contributed by atoms with van der Waals surface area (Å²) in [5.41, 5.74) is 5.25. The third-order valence-corrected chi connectivity index (χ3v) is 4.44. The van der Waals surface area contributed by atoms with Crippen LogP contribution in [0.5, 0.6) is 0 Å². The maximum atomic E-state index is 12.5. The van der Waals surface area contributed by atoms with Crippen LogP contribution in [-0.4, -0.2) is 53.7 Å². The number of carbonyl (C=O) groups excluding carboxylic acids is 1. The predicted molar refractivity (Wildman–Crippen MR) is 73.1 cm³/mol. The Morgan fingerprint density at radius 2 is 2.00 bits per heavy atom. The number of likely N-dealkylation sites (tertiary alicyclic amines) is 1. The van der Waals surface area contributed by atoms with Gasteiger partial charge in [-0.15, -0.1) is 0 Å². The topological polar surface area (TPSA) is 92.9 Å². The monoisotopic (exact) mass is 284 g/mol. The molecule has 1 heterocycles. The van der Waals surface area contributed by atoms with Gasteiger partial charge in [-0.3, -0.25) is 4.79 Å². The van der Waals surface area contributed by atoms with Gasteiger partial charge in [0, 0.05) is 5.92 Å². The zero-order valence-corrected chi connectivity index (χ0v) is 12.0. The van der Waals surface area contributed by atoms with Crippen molar-refractivity contribution in [1.82, 2.24) is 4.90 Å². The van der Waals surface area contributed by atoms with Gasteiger partial charge >= 0.3 is 5.97 Å². The Bertz CT molecular complexity index is 379. The molecule has 0 bridgehead atoms. The molecule has 1 saturated heterocycles. The molecule has 2 fully saturated rings. The number of nitrogens with zero attached hydrogens (tertiary/aromatic N) is 1. The van der Waals surface area contributed by atoms with Crippen molar-refractivity contribution in [2.75, 3.05) is 26.2 Å². The molecule has 1 aliphatic heterocycles. The van der Waals surface area contributed by atoms with Crippen LogP contribution in [0.15, 0.2) is 0 Å². The second-order valence-electron chi connectivity index (χ2n) is 6.21. The Kier molecular flexibility index (Phi) is 4.65. The van der Waals surface area contributed by atoms with E-state index in [1.807, 2.05) is 6.92 Å². The smallest absolute Gasteiger partial charge is 0.329 e. The molecule has 20 heavy (non-hydrogen) atoms. The molecule has 1 amide bonds. The van der Waals surface area contributed by atoms with Crippen LogP contribution in [0, 0.1) is 11.8 Å². The van der Waals surface area contributed by atoms with Gasteiger partial charge in [-0.2, -0.15) is 0 Å². The number of rotatable bonds is 5. The van der Waals surface area contributed by atoms with E-state index < -0.39 is 11.6 Å². The van der Waals surface area contributed by atoms with Gasteiger partial charge in [-0.25, -0.2) is 4.79 Å². The fourth-order valence-corrected chi connectivity index (χ4v) is 3.29. The van der Waals surface area contributed by atoms with E-state index in [1.165, 1.54) is 0 Å². The van der Waals surface area contributed by atoms with E-state index in [4.69, 9.17) is 15.6 Å². The number of hydrogen-bond acceptors (Lipinski definition) is 4. The van der Waals surface area contributed by atoms with Gasteiger partial charge < -0.3 is 20.5 Å². The third kappa shape index (κ3) is 3.30. The summed E-state index contributed by atoms with van der Waals surface area (Å²) in [5, 5.41) is 8.62. The molecule has 0 aromatic heterocycles. The number of amides is 1. The lowest BCUT2D eigenvalue weighted by molar-refractivity contribution is -0.177. The summed E-state index contributed by atoms with van der Waals surface area (Å²) in [4.78, 5) is 24.8. The van der Waals surface area contributed by atoms with Crippen molar-refractivity contribution in [3.05, 3.63) is 0 Å². The Labute approximate surface area is 119 Å². The molecule has 2 atom stereocenters. The second-order valence-corrected chi connectivity index (χ2v) is 6.21. The molecular formula is C14H24N2O4. The Balaban J connectivity index is 1.85. The van der Waals surface area contributed by atoms with Crippen LogP contribution in [0.1, 0.15) is 32.6 Å². The molecule has 3 N–H and O–H groups in total. The first-order chi connectivity index (χ1) is 9.45. The molecule has 1 saturated carbocycles. The molecule has 0 aromatic carbocycles. The quantitative estimate of drug-likeness (QED) is 0.765. The lowest BCUT2D eigenvalue weighted by Crippen LogP contribution is -2.65. The van der Waals surface area contributed by atoms with Gasteiger partial charge in [0.1, 0.15) is 12.2 Å². The van der Waals surface area contributed by atoms with Crippen molar-refractivity contribution in [3.63, 3.8) is 0 Å². The van der Waals surface area contributed by atoms with E-state index >= 15 is 0 Å². The number of carbonyl (C=O) groups is 2. The molecule has 6 heteroatoms. The van der Waals surface area contributed by atoms with Crippen molar-refractivity contribution in [2.45, 2.75) is 38.2 Å². The van der Waals surface area contributed by atoms with E-state index in [-0.39, 0.29) is 18.4 Å². The minimum atomic E-state index is -0.980. The highest BCUT2D eigenvalue weighted by molar-refractivity contribution is 5.80. The first-order valence-corrected chi connectivity index (χ1v) is 7.30. The average molecular weight is 284 g/mol. The highest BCUT2D eigenvalue weighted by Gasteiger charge is 2.45. The summed E-state index contributed by atoms with van der Waals surface area (Å²) < 4.78 is 5.33. The van der Waals surface area contributed by atoms with E-state index in [0.717, 1.165) is 25.7 Å². The molecule has 1 aliphatic carbocycles. The van der Waals surface area contributed by atoms with Gasteiger partial charge in [0.05, 0.1) is 13.1 Å². The minimum absolute atomic E-state index is 0.0396. The fourth-order valence-electron chi connectivity index (χ4n) is 3.29. The van der Waals surface area contributed by atoms with Crippen LogP contribution in [0.4, 0.5) is 0 Å². The van der Waals surface area contributed by atoms with E-state index in [2.05, 4.69) is 0 Å². The van der Waals surface area contributed by atoms with Crippen molar-refractivity contribution >= 4 is 11.9 Å². The van der Waals surface area contributed by atoms with Crippen LogP contribution in [0.2, 0.25) is 0 Å². The van der Waals surface area contributed by atoms with Gasteiger partial charge in [0.15, 0.2) is 0 Å². The SMILES string of the molecule is CC1(OCC(=O)O)CN(C(=O)C2CCCCC2CN)C1. The first kappa shape index (κ1) is 15.3. The number of aliphatic carboxylic acids is 1. The largest absolute Gasteiger partial charge is 0.480 e. The Morgan fingerprint density at radius 1 is 1.35 bits per heavy atom. The van der Waals surface area contributed by atoms with Crippen LogP contribution in [-0.2, 0) is 14.3 Å². The second kappa shape index (κ2) is 6.10. The number of nitrogens with two attached hydrogens (primary N) is 1. The molecule has 2 unspecified atom stereocenters. The molecule has 114 valence electrons.